The molecule has 1 aliphatic rings. The van der Waals surface area contributed by atoms with Crippen LogP contribution in [0.4, 0.5) is 10.1 Å². The van der Waals surface area contributed by atoms with Gasteiger partial charge in [0.25, 0.3) is 0 Å². The second kappa shape index (κ2) is 9.61. The highest BCUT2D eigenvalue weighted by Crippen LogP contribution is 2.32. The smallest absolute Gasteiger partial charge is 0.247 e. The zero-order valence-electron chi connectivity index (χ0n) is 19.3. The van der Waals surface area contributed by atoms with Crippen molar-refractivity contribution in [3.05, 3.63) is 59.9 Å². The molecule has 1 atom stereocenters. The average Bonchev–Trinajstić information content (AvgIpc) is 2.73. The van der Waals surface area contributed by atoms with Crippen LogP contribution in [0, 0.1) is 18.7 Å². The zero-order valence-corrected chi connectivity index (χ0v) is 20.2. The molecule has 2 aromatic carbocycles. The van der Waals surface area contributed by atoms with E-state index in [1.165, 1.54) is 48.2 Å². The van der Waals surface area contributed by atoms with Gasteiger partial charge in [-0.25, -0.2) is 12.8 Å². The van der Waals surface area contributed by atoms with Gasteiger partial charge in [0.05, 0.1) is 11.4 Å². The van der Waals surface area contributed by atoms with Crippen molar-refractivity contribution >= 4 is 27.5 Å². The second-order valence-corrected chi connectivity index (χ2v) is 10.9. The first kappa shape index (κ1) is 24.9. The minimum atomic E-state index is -4.03. The number of benzene rings is 2. The summed E-state index contributed by atoms with van der Waals surface area (Å²) in [6.45, 7) is 7.05. The highest BCUT2D eigenvalue weighted by molar-refractivity contribution is 7.89. The topological polar surface area (TPSA) is 86.8 Å². The van der Waals surface area contributed by atoms with Gasteiger partial charge < -0.3 is 5.32 Å². The van der Waals surface area contributed by atoms with E-state index in [0.29, 0.717) is 12.5 Å². The Balaban J connectivity index is 2.01. The van der Waals surface area contributed by atoms with Crippen molar-refractivity contribution in [2.45, 2.75) is 44.6 Å². The van der Waals surface area contributed by atoms with E-state index in [1.54, 1.807) is 12.1 Å². The van der Waals surface area contributed by atoms with Crippen LogP contribution >= 0.6 is 0 Å². The van der Waals surface area contributed by atoms with Crippen LogP contribution in [0.2, 0.25) is 0 Å². The van der Waals surface area contributed by atoms with Crippen molar-refractivity contribution in [2.24, 2.45) is 5.92 Å². The number of carbonyl (C=O) groups is 2. The number of amides is 2. The zero-order chi connectivity index (χ0) is 24.4. The lowest BCUT2D eigenvalue weighted by Gasteiger charge is -2.46. The Morgan fingerprint density at radius 1 is 1.18 bits per heavy atom. The summed E-state index contributed by atoms with van der Waals surface area (Å²) in [5.74, 6) is -1.31. The molecule has 3 rings (SSSR count). The van der Waals surface area contributed by atoms with Crippen LogP contribution < -0.4 is 10.2 Å². The third-order valence-corrected chi connectivity index (χ3v) is 7.57. The van der Waals surface area contributed by atoms with Crippen LogP contribution in [0.3, 0.4) is 0 Å². The van der Waals surface area contributed by atoms with Gasteiger partial charge in [-0.3, -0.25) is 14.5 Å². The van der Waals surface area contributed by atoms with Crippen molar-refractivity contribution in [3.63, 3.8) is 0 Å². The number of sulfonamides is 1. The first-order valence-corrected chi connectivity index (χ1v) is 12.3. The number of piperazine rings is 1. The Kier molecular flexibility index (Phi) is 7.23. The number of aryl methyl sites for hydroxylation is 1. The Morgan fingerprint density at radius 2 is 1.85 bits per heavy atom. The molecule has 0 aromatic heterocycles. The molecule has 1 N–H and O–H groups in total. The standard InChI is InChI=1S/C24H30FN3O4S/c1-17(2)12-13-26-23(30)24(4)16-27(33(31,32)21-10-8-18(3)9-11-21)15-22(29)28(24)20-7-5-6-19(25)14-20/h5-11,14,17H,12-13,15-16H2,1-4H3,(H,26,30)/t24-/m1/s1. The number of hydrogen-bond donors (Lipinski definition) is 1. The molecule has 2 amide bonds. The van der Waals surface area contributed by atoms with Crippen LogP contribution in [-0.4, -0.2) is 49.7 Å². The van der Waals surface area contributed by atoms with E-state index >= 15 is 0 Å². The van der Waals surface area contributed by atoms with Gasteiger partial charge in [0.1, 0.15) is 11.4 Å². The number of anilines is 1. The van der Waals surface area contributed by atoms with E-state index in [-0.39, 0.29) is 17.1 Å². The maximum atomic E-state index is 14.0. The van der Waals surface area contributed by atoms with E-state index in [0.717, 1.165) is 16.3 Å². The molecule has 178 valence electrons. The first-order chi connectivity index (χ1) is 15.4. The minimum absolute atomic E-state index is 0.0441. The van der Waals surface area contributed by atoms with E-state index in [9.17, 15) is 22.4 Å². The average molecular weight is 476 g/mol. The predicted molar refractivity (Wildman–Crippen MR) is 125 cm³/mol. The Hall–Kier alpha value is -2.78. The summed E-state index contributed by atoms with van der Waals surface area (Å²) in [6, 6.07) is 11.7. The lowest BCUT2D eigenvalue weighted by Crippen LogP contribution is -2.70. The van der Waals surface area contributed by atoms with Gasteiger partial charge in [-0.15, -0.1) is 0 Å². The van der Waals surface area contributed by atoms with Crippen LogP contribution in [0.25, 0.3) is 0 Å². The fourth-order valence-corrected chi connectivity index (χ4v) is 5.36. The third-order valence-electron chi connectivity index (χ3n) is 5.76. The van der Waals surface area contributed by atoms with Crippen molar-refractivity contribution in [3.8, 4) is 0 Å². The molecule has 2 aromatic rings. The largest absolute Gasteiger partial charge is 0.354 e. The van der Waals surface area contributed by atoms with E-state index < -0.39 is 39.7 Å². The quantitative estimate of drug-likeness (QED) is 0.667. The molecule has 33 heavy (non-hydrogen) atoms. The molecule has 0 aliphatic carbocycles. The molecule has 1 fully saturated rings. The lowest BCUT2D eigenvalue weighted by molar-refractivity contribution is -0.132. The van der Waals surface area contributed by atoms with Crippen molar-refractivity contribution < 1.29 is 22.4 Å². The number of carbonyl (C=O) groups excluding carboxylic acids is 2. The van der Waals surface area contributed by atoms with Gasteiger partial charge >= 0.3 is 0 Å². The maximum absolute atomic E-state index is 14.0. The van der Waals surface area contributed by atoms with E-state index in [1.807, 2.05) is 20.8 Å². The summed E-state index contributed by atoms with van der Waals surface area (Å²) >= 11 is 0. The van der Waals surface area contributed by atoms with Gasteiger partial charge in [-0.1, -0.05) is 37.6 Å². The molecule has 0 spiro atoms. The summed E-state index contributed by atoms with van der Waals surface area (Å²) in [5, 5.41) is 2.83. The van der Waals surface area contributed by atoms with Crippen molar-refractivity contribution in [1.82, 2.24) is 9.62 Å². The van der Waals surface area contributed by atoms with Crippen LogP contribution in [0.1, 0.15) is 32.8 Å². The molecule has 0 saturated carbocycles. The highest BCUT2D eigenvalue weighted by atomic mass is 32.2. The Morgan fingerprint density at radius 3 is 2.45 bits per heavy atom. The summed E-state index contributed by atoms with van der Waals surface area (Å²) in [4.78, 5) is 27.9. The predicted octanol–water partition coefficient (Wildman–Crippen LogP) is 3.09. The number of nitrogens with zero attached hydrogens (tertiary/aromatic N) is 2. The van der Waals surface area contributed by atoms with Crippen molar-refractivity contribution in [2.75, 3.05) is 24.5 Å². The maximum Gasteiger partial charge on any atom is 0.247 e. The van der Waals surface area contributed by atoms with Gasteiger partial charge in [0.15, 0.2) is 0 Å². The van der Waals surface area contributed by atoms with Gasteiger partial charge in [0, 0.05) is 18.8 Å². The van der Waals surface area contributed by atoms with E-state index in [4.69, 9.17) is 0 Å². The summed E-state index contributed by atoms with van der Waals surface area (Å²) in [5.41, 5.74) is -0.470. The van der Waals surface area contributed by atoms with E-state index in [2.05, 4.69) is 5.32 Å². The molecule has 1 saturated heterocycles. The molecule has 1 heterocycles. The molecular formula is C24H30FN3O4S. The molecule has 9 heteroatoms. The molecule has 0 radical (unpaired) electrons. The van der Waals surface area contributed by atoms with Crippen LogP contribution in [-0.2, 0) is 19.6 Å². The normalized spacial score (nSPS) is 19.7. The number of hydrogen-bond acceptors (Lipinski definition) is 4. The van der Waals surface area contributed by atoms with Crippen LogP contribution in [0.15, 0.2) is 53.4 Å². The molecule has 7 nitrogen and oxygen atoms in total. The fourth-order valence-electron chi connectivity index (χ4n) is 3.88. The summed E-state index contributed by atoms with van der Waals surface area (Å²) < 4.78 is 41.6. The van der Waals surface area contributed by atoms with Gasteiger partial charge in [-0.2, -0.15) is 4.31 Å². The summed E-state index contributed by atoms with van der Waals surface area (Å²) in [6.07, 6.45) is 0.723. The monoisotopic (exact) mass is 475 g/mol. The van der Waals surface area contributed by atoms with Crippen molar-refractivity contribution in [1.29, 1.82) is 0 Å². The molecule has 0 unspecified atom stereocenters. The molecule has 1 aliphatic heterocycles. The molecule has 0 bridgehead atoms. The minimum Gasteiger partial charge on any atom is -0.354 e. The number of nitrogens with one attached hydrogen (secondary N) is 1. The fraction of sp³-hybridized carbons (Fsp3) is 0.417. The SMILES string of the molecule is Cc1ccc(S(=O)(=O)N2CC(=O)N(c3cccc(F)c3)[C@@](C)(C(=O)NCCC(C)C)C2)cc1. The number of rotatable bonds is 7. The third kappa shape index (κ3) is 5.25. The lowest BCUT2D eigenvalue weighted by atomic mass is 9.94. The highest BCUT2D eigenvalue weighted by Gasteiger charge is 2.51. The van der Waals surface area contributed by atoms with Gasteiger partial charge in [0.2, 0.25) is 21.8 Å². The van der Waals surface area contributed by atoms with Gasteiger partial charge in [-0.05, 0) is 56.5 Å². The molecular weight excluding hydrogens is 445 g/mol. The van der Waals surface area contributed by atoms with Crippen LogP contribution in [0.5, 0.6) is 0 Å². The Bertz CT molecular complexity index is 1130. The Labute approximate surface area is 194 Å². The first-order valence-electron chi connectivity index (χ1n) is 10.9. The number of halogens is 1. The summed E-state index contributed by atoms with van der Waals surface area (Å²) in [7, 11) is -4.03. The second-order valence-electron chi connectivity index (χ2n) is 9.01.